The first-order valence-corrected chi connectivity index (χ1v) is 10.1. The van der Waals surface area contributed by atoms with E-state index in [0.29, 0.717) is 32.0 Å². The molecule has 4 rings (SSSR count). The SMILES string of the molecule is Cc1ccccc1C#CC(=O)N1CCN(c2nc(-c3ccc(F)cc3)ns2)CC1. The summed E-state index contributed by atoms with van der Waals surface area (Å²) in [6.07, 6.45) is 0. The van der Waals surface area contributed by atoms with Gasteiger partial charge in [0.15, 0.2) is 5.82 Å². The highest BCUT2D eigenvalue weighted by Gasteiger charge is 2.22. The predicted molar refractivity (Wildman–Crippen MR) is 112 cm³/mol. The van der Waals surface area contributed by atoms with Crippen molar-refractivity contribution in [3.63, 3.8) is 0 Å². The Kier molecular flexibility index (Phi) is 5.54. The minimum absolute atomic E-state index is 0.155. The van der Waals surface area contributed by atoms with Crippen LogP contribution in [0.1, 0.15) is 11.1 Å². The van der Waals surface area contributed by atoms with Crippen molar-refractivity contribution in [3.05, 3.63) is 65.5 Å². The van der Waals surface area contributed by atoms with Crippen LogP contribution in [0.2, 0.25) is 0 Å². The summed E-state index contributed by atoms with van der Waals surface area (Å²) < 4.78 is 17.5. The average Bonchev–Trinajstić information content (AvgIpc) is 3.24. The molecule has 0 spiro atoms. The van der Waals surface area contributed by atoms with E-state index < -0.39 is 0 Å². The minimum atomic E-state index is -0.282. The summed E-state index contributed by atoms with van der Waals surface area (Å²) in [4.78, 5) is 20.9. The molecule has 0 unspecified atom stereocenters. The third-order valence-electron chi connectivity index (χ3n) is 4.80. The monoisotopic (exact) mass is 406 g/mol. The lowest BCUT2D eigenvalue weighted by Gasteiger charge is -2.33. The van der Waals surface area contributed by atoms with Crippen molar-refractivity contribution < 1.29 is 9.18 Å². The third kappa shape index (κ3) is 4.44. The molecular formula is C22H19FN4OS. The summed E-state index contributed by atoms with van der Waals surface area (Å²) in [5.41, 5.74) is 2.72. The van der Waals surface area contributed by atoms with Crippen LogP contribution < -0.4 is 4.90 Å². The zero-order valence-corrected chi connectivity index (χ0v) is 16.7. The second kappa shape index (κ2) is 8.41. The van der Waals surface area contributed by atoms with Crippen molar-refractivity contribution in [1.82, 2.24) is 14.3 Å². The van der Waals surface area contributed by atoms with E-state index in [1.165, 1.54) is 23.7 Å². The van der Waals surface area contributed by atoms with Gasteiger partial charge >= 0.3 is 0 Å². The molecule has 146 valence electrons. The van der Waals surface area contributed by atoms with E-state index in [4.69, 9.17) is 0 Å². The van der Waals surface area contributed by atoms with Gasteiger partial charge in [-0.2, -0.15) is 9.36 Å². The van der Waals surface area contributed by atoms with Crippen LogP contribution in [-0.4, -0.2) is 46.3 Å². The molecule has 1 aromatic heterocycles. The molecule has 5 nitrogen and oxygen atoms in total. The molecule has 1 aliphatic heterocycles. The number of rotatable bonds is 2. The molecule has 0 aliphatic carbocycles. The van der Waals surface area contributed by atoms with Gasteiger partial charge in [0.1, 0.15) is 5.82 Å². The van der Waals surface area contributed by atoms with Crippen LogP contribution in [0.25, 0.3) is 11.4 Å². The van der Waals surface area contributed by atoms with Crippen LogP contribution in [-0.2, 0) is 4.79 Å². The highest BCUT2D eigenvalue weighted by atomic mass is 32.1. The van der Waals surface area contributed by atoms with Gasteiger partial charge in [-0.3, -0.25) is 4.79 Å². The van der Waals surface area contributed by atoms with Crippen LogP contribution in [0, 0.1) is 24.6 Å². The molecule has 7 heteroatoms. The Bertz CT molecular complexity index is 1080. The Morgan fingerprint density at radius 3 is 2.52 bits per heavy atom. The number of carbonyl (C=O) groups excluding carboxylic acids is 1. The third-order valence-corrected chi connectivity index (χ3v) is 5.58. The van der Waals surface area contributed by atoms with Gasteiger partial charge in [0.25, 0.3) is 5.91 Å². The molecule has 2 aromatic carbocycles. The van der Waals surface area contributed by atoms with Gasteiger partial charge in [-0.25, -0.2) is 4.39 Å². The van der Waals surface area contributed by atoms with Crippen LogP contribution in [0.15, 0.2) is 48.5 Å². The van der Waals surface area contributed by atoms with E-state index in [1.54, 1.807) is 17.0 Å². The Morgan fingerprint density at radius 2 is 1.79 bits per heavy atom. The molecule has 1 amide bonds. The average molecular weight is 406 g/mol. The van der Waals surface area contributed by atoms with E-state index in [2.05, 4.69) is 26.1 Å². The first-order valence-electron chi connectivity index (χ1n) is 9.31. The summed E-state index contributed by atoms with van der Waals surface area (Å²) in [5.74, 6) is 5.89. The highest BCUT2D eigenvalue weighted by molar-refractivity contribution is 7.09. The lowest BCUT2D eigenvalue weighted by molar-refractivity contribution is -0.125. The fraction of sp³-hybridized carbons (Fsp3) is 0.227. The summed E-state index contributed by atoms with van der Waals surface area (Å²) in [7, 11) is 0. The number of hydrogen-bond acceptors (Lipinski definition) is 5. The number of anilines is 1. The van der Waals surface area contributed by atoms with Gasteiger partial charge in [-0.15, -0.1) is 0 Å². The summed E-state index contributed by atoms with van der Waals surface area (Å²) in [5, 5.41) is 0.808. The molecule has 0 N–H and O–H groups in total. The van der Waals surface area contributed by atoms with E-state index in [-0.39, 0.29) is 11.7 Å². The fourth-order valence-corrected chi connectivity index (χ4v) is 3.81. The molecule has 0 radical (unpaired) electrons. The molecule has 1 aliphatic rings. The smallest absolute Gasteiger partial charge is 0.298 e. The zero-order chi connectivity index (χ0) is 20.2. The number of hydrogen-bond donors (Lipinski definition) is 0. The highest BCUT2D eigenvalue weighted by Crippen LogP contribution is 2.25. The number of halogens is 1. The lowest BCUT2D eigenvalue weighted by Crippen LogP contribution is -2.48. The maximum Gasteiger partial charge on any atom is 0.298 e. The van der Waals surface area contributed by atoms with Gasteiger partial charge in [0.05, 0.1) is 0 Å². The number of nitrogens with zero attached hydrogens (tertiary/aromatic N) is 4. The molecule has 1 fully saturated rings. The minimum Gasteiger partial charge on any atom is -0.343 e. The van der Waals surface area contributed by atoms with Crippen LogP contribution in [0.5, 0.6) is 0 Å². The van der Waals surface area contributed by atoms with Crippen molar-refractivity contribution in [2.24, 2.45) is 0 Å². The van der Waals surface area contributed by atoms with Crippen molar-refractivity contribution in [2.45, 2.75) is 6.92 Å². The van der Waals surface area contributed by atoms with E-state index in [9.17, 15) is 9.18 Å². The predicted octanol–water partition coefficient (Wildman–Crippen LogP) is 3.35. The Balaban J connectivity index is 1.37. The summed E-state index contributed by atoms with van der Waals surface area (Å²) in [6.45, 7) is 4.51. The molecule has 0 saturated carbocycles. The Labute approximate surface area is 173 Å². The molecule has 3 aromatic rings. The summed E-state index contributed by atoms with van der Waals surface area (Å²) >= 11 is 1.31. The number of amides is 1. The quantitative estimate of drug-likeness (QED) is 0.613. The molecule has 0 bridgehead atoms. The number of aromatic nitrogens is 2. The first-order chi connectivity index (χ1) is 14.1. The van der Waals surface area contributed by atoms with Gasteiger partial charge in [-0.1, -0.05) is 24.1 Å². The van der Waals surface area contributed by atoms with E-state index >= 15 is 0 Å². The van der Waals surface area contributed by atoms with Crippen LogP contribution in [0.4, 0.5) is 9.52 Å². The maximum absolute atomic E-state index is 13.1. The first kappa shape index (κ1) is 19.1. The lowest BCUT2D eigenvalue weighted by atomic mass is 10.1. The summed E-state index contributed by atoms with van der Waals surface area (Å²) in [6, 6.07) is 13.9. The molecule has 0 atom stereocenters. The number of carbonyl (C=O) groups is 1. The standard InChI is InChI=1S/C22H19FN4OS/c1-16-4-2-3-5-17(16)8-11-20(28)26-12-14-27(15-13-26)22-24-21(25-29-22)18-6-9-19(23)10-7-18/h2-7,9-10H,12-15H2,1H3. The maximum atomic E-state index is 13.1. The van der Waals surface area contributed by atoms with Crippen molar-refractivity contribution in [2.75, 3.05) is 31.1 Å². The van der Waals surface area contributed by atoms with Gasteiger partial charge < -0.3 is 9.80 Å². The van der Waals surface area contributed by atoms with E-state index in [1.807, 2.05) is 31.2 Å². The van der Waals surface area contributed by atoms with E-state index in [0.717, 1.165) is 21.8 Å². The molecular weight excluding hydrogens is 387 g/mol. The molecule has 2 heterocycles. The van der Waals surface area contributed by atoms with Crippen molar-refractivity contribution in [3.8, 4) is 23.2 Å². The van der Waals surface area contributed by atoms with Gasteiger partial charge in [0, 0.05) is 54.8 Å². The number of benzene rings is 2. The molecule has 1 saturated heterocycles. The number of aryl methyl sites for hydroxylation is 1. The number of piperazine rings is 1. The Morgan fingerprint density at radius 1 is 1.07 bits per heavy atom. The topological polar surface area (TPSA) is 49.3 Å². The van der Waals surface area contributed by atoms with Crippen LogP contribution >= 0.6 is 11.5 Å². The van der Waals surface area contributed by atoms with Gasteiger partial charge in [-0.05, 0) is 42.8 Å². The normalized spacial score (nSPS) is 13.7. The van der Waals surface area contributed by atoms with Crippen molar-refractivity contribution >= 4 is 22.6 Å². The fourth-order valence-electron chi connectivity index (χ4n) is 3.07. The largest absolute Gasteiger partial charge is 0.343 e. The second-order valence-corrected chi connectivity index (χ2v) is 7.48. The molecule has 29 heavy (non-hydrogen) atoms. The zero-order valence-electron chi connectivity index (χ0n) is 15.9. The van der Waals surface area contributed by atoms with Crippen LogP contribution in [0.3, 0.4) is 0 Å². The van der Waals surface area contributed by atoms with Gasteiger partial charge in [0.2, 0.25) is 5.13 Å². The Hall–Kier alpha value is -3.24. The van der Waals surface area contributed by atoms with Crippen molar-refractivity contribution in [1.29, 1.82) is 0 Å². The second-order valence-electron chi connectivity index (χ2n) is 6.75.